The number of nitrogens with zero attached hydrogens (tertiary/aromatic N) is 2. The summed E-state index contributed by atoms with van der Waals surface area (Å²) in [6.45, 7) is 4.39. The van der Waals surface area contributed by atoms with Gasteiger partial charge in [-0.25, -0.2) is 4.98 Å². The molecule has 0 amide bonds. The maximum absolute atomic E-state index is 4.93. The van der Waals surface area contributed by atoms with Crippen molar-refractivity contribution in [2.45, 2.75) is 64.0 Å². The van der Waals surface area contributed by atoms with Crippen molar-refractivity contribution in [1.29, 1.82) is 0 Å². The predicted octanol–water partition coefficient (Wildman–Crippen LogP) is 2.76. The van der Waals surface area contributed by atoms with Crippen molar-refractivity contribution >= 4 is 0 Å². The molecule has 0 unspecified atom stereocenters. The van der Waals surface area contributed by atoms with E-state index in [-0.39, 0.29) is 0 Å². The van der Waals surface area contributed by atoms with Gasteiger partial charge in [0.2, 0.25) is 0 Å². The lowest BCUT2D eigenvalue weighted by atomic mass is 9.53. The third-order valence-electron chi connectivity index (χ3n) is 6.53. The fourth-order valence-electron chi connectivity index (χ4n) is 6.40. The summed E-state index contributed by atoms with van der Waals surface area (Å²) in [4.78, 5) is 4.93. The lowest BCUT2D eigenvalue weighted by Crippen LogP contribution is -2.53. The highest BCUT2D eigenvalue weighted by Gasteiger charge is 2.53. The van der Waals surface area contributed by atoms with E-state index in [4.69, 9.17) is 4.98 Å². The molecule has 0 spiro atoms. The molecule has 1 aromatic heterocycles. The summed E-state index contributed by atoms with van der Waals surface area (Å²) in [7, 11) is 0. The molecular weight excluding hydrogens is 246 g/mol. The molecule has 0 aromatic carbocycles. The highest BCUT2D eigenvalue weighted by atomic mass is 15.2. The van der Waals surface area contributed by atoms with Gasteiger partial charge < -0.3 is 9.88 Å². The zero-order valence-electron chi connectivity index (χ0n) is 12.5. The fraction of sp³-hybridized carbons (Fsp3) is 0.824. The lowest BCUT2D eigenvalue weighted by molar-refractivity contribution is -0.0455. The van der Waals surface area contributed by atoms with Crippen molar-refractivity contribution in [3.05, 3.63) is 17.2 Å². The van der Waals surface area contributed by atoms with E-state index in [9.17, 15) is 0 Å². The molecule has 4 bridgehead atoms. The minimum absolute atomic E-state index is 0.443. The molecule has 0 saturated heterocycles. The van der Waals surface area contributed by atoms with E-state index < -0.39 is 0 Å². The Hall–Kier alpha value is -0.830. The van der Waals surface area contributed by atoms with E-state index in [1.54, 1.807) is 0 Å². The van der Waals surface area contributed by atoms with Crippen molar-refractivity contribution in [3.63, 3.8) is 0 Å². The molecule has 6 rings (SSSR count). The minimum Gasteiger partial charge on any atom is -0.325 e. The SMILES string of the molecule is Cc1nc2c(n1C13CC4CC(CC(C4)C1)C3)CNCC2. The van der Waals surface area contributed by atoms with Gasteiger partial charge in [-0.2, -0.15) is 0 Å². The monoisotopic (exact) mass is 271 g/mol. The van der Waals surface area contributed by atoms with Crippen LogP contribution in [0.15, 0.2) is 0 Å². The van der Waals surface area contributed by atoms with Crippen molar-refractivity contribution in [2.75, 3.05) is 6.54 Å². The van der Waals surface area contributed by atoms with Crippen molar-refractivity contribution in [2.24, 2.45) is 17.8 Å². The summed E-state index contributed by atoms with van der Waals surface area (Å²) >= 11 is 0. The Kier molecular flexibility index (Phi) is 2.29. The van der Waals surface area contributed by atoms with Crippen LogP contribution in [0.3, 0.4) is 0 Å². The molecular formula is C17H25N3. The quantitative estimate of drug-likeness (QED) is 0.851. The number of aryl methyl sites for hydroxylation is 1. The maximum atomic E-state index is 4.93. The first-order valence-electron chi connectivity index (χ1n) is 8.52. The Morgan fingerprint density at radius 3 is 2.40 bits per heavy atom. The molecule has 108 valence electrons. The van der Waals surface area contributed by atoms with E-state index in [2.05, 4.69) is 16.8 Å². The molecule has 1 aromatic rings. The van der Waals surface area contributed by atoms with Gasteiger partial charge in [-0.15, -0.1) is 0 Å². The number of imidazole rings is 1. The Balaban J connectivity index is 1.64. The first-order valence-corrected chi connectivity index (χ1v) is 8.52. The van der Waals surface area contributed by atoms with Gasteiger partial charge in [0.25, 0.3) is 0 Å². The van der Waals surface area contributed by atoms with E-state index >= 15 is 0 Å². The van der Waals surface area contributed by atoms with Gasteiger partial charge in [0.15, 0.2) is 0 Å². The summed E-state index contributed by atoms with van der Waals surface area (Å²) in [5.41, 5.74) is 3.35. The summed E-state index contributed by atoms with van der Waals surface area (Å²) in [6, 6.07) is 0. The summed E-state index contributed by atoms with van der Waals surface area (Å²) in [6.07, 6.45) is 9.98. The second-order valence-corrected chi connectivity index (χ2v) is 7.96. The Morgan fingerprint density at radius 1 is 1.10 bits per heavy atom. The van der Waals surface area contributed by atoms with E-state index in [1.807, 2.05) is 0 Å². The summed E-state index contributed by atoms with van der Waals surface area (Å²) in [5, 5.41) is 3.57. The van der Waals surface area contributed by atoms with E-state index in [1.165, 1.54) is 55.7 Å². The topological polar surface area (TPSA) is 29.9 Å². The van der Waals surface area contributed by atoms with Crippen LogP contribution in [0, 0.1) is 24.7 Å². The highest BCUT2D eigenvalue weighted by Crippen LogP contribution is 2.59. The molecule has 2 heterocycles. The first-order chi connectivity index (χ1) is 9.73. The van der Waals surface area contributed by atoms with Crippen LogP contribution in [0.25, 0.3) is 0 Å². The predicted molar refractivity (Wildman–Crippen MR) is 78.5 cm³/mol. The smallest absolute Gasteiger partial charge is 0.106 e. The molecule has 3 nitrogen and oxygen atoms in total. The molecule has 3 heteroatoms. The van der Waals surface area contributed by atoms with Crippen LogP contribution in [0.2, 0.25) is 0 Å². The number of hydrogen-bond donors (Lipinski definition) is 1. The largest absolute Gasteiger partial charge is 0.325 e. The van der Waals surface area contributed by atoms with Gasteiger partial charge >= 0.3 is 0 Å². The fourth-order valence-corrected chi connectivity index (χ4v) is 6.40. The first kappa shape index (κ1) is 11.8. The van der Waals surface area contributed by atoms with Gasteiger partial charge in [0.05, 0.1) is 11.4 Å². The third kappa shape index (κ3) is 1.47. The van der Waals surface area contributed by atoms with Crippen LogP contribution >= 0.6 is 0 Å². The third-order valence-corrected chi connectivity index (χ3v) is 6.53. The molecule has 4 fully saturated rings. The standard InChI is InChI=1S/C17H25N3/c1-11-19-15-2-3-18-10-16(15)20(11)17-7-12-4-13(8-17)6-14(5-12)9-17/h12-14,18H,2-10H2,1H3. The second kappa shape index (κ2) is 3.88. The van der Waals surface area contributed by atoms with Gasteiger partial charge in [-0.1, -0.05) is 0 Å². The average molecular weight is 271 g/mol. The summed E-state index contributed by atoms with van der Waals surface area (Å²) in [5.74, 6) is 4.32. The van der Waals surface area contributed by atoms with Crippen molar-refractivity contribution in [1.82, 2.24) is 14.9 Å². The van der Waals surface area contributed by atoms with Crippen LogP contribution in [-0.2, 0) is 18.5 Å². The van der Waals surface area contributed by atoms with Crippen LogP contribution in [0.5, 0.6) is 0 Å². The lowest BCUT2D eigenvalue weighted by Gasteiger charge is -2.58. The molecule has 4 aliphatic carbocycles. The molecule has 4 saturated carbocycles. The van der Waals surface area contributed by atoms with Crippen LogP contribution < -0.4 is 5.32 Å². The highest BCUT2D eigenvalue weighted by molar-refractivity contribution is 5.24. The maximum Gasteiger partial charge on any atom is 0.106 e. The normalized spacial score (nSPS) is 42.0. The van der Waals surface area contributed by atoms with Gasteiger partial charge in [-0.05, 0) is 63.2 Å². The number of rotatable bonds is 1. The van der Waals surface area contributed by atoms with Crippen LogP contribution in [0.4, 0.5) is 0 Å². The average Bonchev–Trinajstić information content (AvgIpc) is 2.73. The van der Waals surface area contributed by atoms with E-state index in [0.717, 1.165) is 37.3 Å². The van der Waals surface area contributed by atoms with Gasteiger partial charge in [-0.3, -0.25) is 0 Å². The van der Waals surface area contributed by atoms with E-state index in [0.29, 0.717) is 5.54 Å². The number of fused-ring (bicyclic) bond motifs is 1. The molecule has 1 N–H and O–H groups in total. The molecule has 0 atom stereocenters. The second-order valence-electron chi connectivity index (χ2n) is 7.96. The molecule has 5 aliphatic rings. The number of nitrogens with one attached hydrogen (secondary N) is 1. The Morgan fingerprint density at radius 2 is 1.75 bits per heavy atom. The van der Waals surface area contributed by atoms with Gasteiger partial charge in [0, 0.05) is 25.0 Å². The Labute approximate surface area is 121 Å². The number of hydrogen-bond acceptors (Lipinski definition) is 2. The van der Waals surface area contributed by atoms with Crippen LogP contribution in [0.1, 0.15) is 55.7 Å². The molecule has 0 radical (unpaired) electrons. The van der Waals surface area contributed by atoms with Gasteiger partial charge in [0.1, 0.15) is 5.82 Å². The number of aromatic nitrogens is 2. The van der Waals surface area contributed by atoms with Crippen molar-refractivity contribution in [3.8, 4) is 0 Å². The zero-order valence-corrected chi connectivity index (χ0v) is 12.5. The summed E-state index contributed by atoms with van der Waals surface area (Å²) < 4.78 is 2.71. The molecule has 1 aliphatic heterocycles. The van der Waals surface area contributed by atoms with Crippen LogP contribution in [-0.4, -0.2) is 16.1 Å². The van der Waals surface area contributed by atoms with Crippen molar-refractivity contribution < 1.29 is 0 Å². The molecule has 20 heavy (non-hydrogen) atoms. The Bertz CT molecular complexity index is 522. The zero-order chi connectivity index (χ0) is 13.3. The minimum atomic E-state index is 0.443.